The highest BCUT2D eigenvalue weighted by Gasteiger charge is 2.31. The van der Waals surface area contributed by atoms with E-state index < -0.39 is 0 Å². The van der Waals surface area contributed by atoms with Gasteiger partial charge in [0.05, 0.1) is 12.2 Å². The average Bonchev–Trinajstić information content (AvgIpc) is 3.19. The zero-order chi connectivity index (χ0) is 16.0. The first-order valence-electron chi connectivity index (χ1n) is 7.91. The van der Waals surface area contributed by atoms with Gasteiger partial charge >= 0.3 is 0 Å². The van der Waals surface area contributed by atoms with Crippen LogP contribution in [0.25, 0.3) is 11.1 Å². The Bertz CT molecular complexity index is 821. The van der Waals surface area contributed by atoms with Gasteiger partial charge in [-0.25, -0.2) is 4.98 Å². The molecular weight excluding hydrogens is 312 g/mol. The molecule has 0 radical (unpaired) electrons. The van der Waals surface area contributed by atoms with Crippen molar-refractivity contribution < 1.29 is 4.42 Å². The molecule has 0 bridgehead atoms. The quantitative estimate of drug-likeness (QED) is 0.731. The van der Waals surface area contributed by atoms with Gasteiger partial charge in [0.15, 0.2) is 5.58 Å². The number of benzene rings is 1. The van der Waals surface area contributed by atoms with Gasteiger partial charge in [0.1, 0.15) is 10.7 Å². The van der Waals surface area contributed by atoms with Crippen LogP contribution in [0.15, 0.2) is 28.7 Å². The zero-order valence-electron chi connectivity index (χ0n) is 13.3. The maximum atomic E-state index is 6.46. The van der Waals surface area contributed by atoms with E-state index >= 15 is 0 Å². The van der Waals surface area contributed by atoms with Gasteiger partial charge in [0.25, 0.3) is 0 Å². The fourth-order valence-electron chi connectivity index (χ4n) is 3.53. The number of fused-ring (bicyclic) bond motifs is 1. The molecule has 5 nitrogen and oxygen atoms in total. The molecule has 2 aromatic heterocycles. The summed E-state index contributed by atoms with van der Waals surface area (Å²) in [5, 5.41) is 5.18. The van der Waals surface area contributed by atoms with E-state index in [1.54, 1.807) is 4.68 Å². The Hall–Kier alpha value is -1.85. The van der Waals surface area contributed by atoms with Crippen LogP contribution in [0.5, 0.6) is 0 Å². The second-order valence-corrected chi connectivity index (χ2v) is 6.48. The van der Waals surface area contributed by atoms with E-state index in [0.717, 1.165) is 52.8 Å². The van der Waals surface area contributed by atoms with Crippen LogP contribution in [0.2, 0.25) is 5.15 Å². The number of para-hydroxylation sites is 2. The van der Waals surface area contributed by atoms with Crippen molar-refractivity contribution in [3.05, 3.63) is 46.6 Å². The van der Waals surface area contributed by atoms with Crippen LogP contribution in [0.3, 0.4) is 0 Å². The number of likely N-dealkylation sites (tertiary alicyclic amines) is 1. The Morgan fingerprint density at radius 1 is 1.35 bits per heavy atom. The highest BCUT2D eigenvalue weighted by atomic mass is 35.5. The summed E-state index contributed by atoms with van der Waals surface area (Å²) in [5.41, 5.74) is 3.90. The lowest BCUT2D eigenvalue weighted by molar-refractivity contribution is 0.225. The monoisotopic (exact) mass is 330 g/mol. The molecule has 0 aliphatic carbocycles. The van der Waals surface area contributed by atoms with Crippen LogP contribution in [0.1, 0.15) is 36.0 Å². The number of hydrogen-bond donors (Lipinski definition) is 0. The molecule has 1 saturated heterocycles. The SMILES string of the molecule is Cc1nn(C)c(Cl)c1C1CCCN1Cc1nc2ccccc2o1. The van der Waals surface area contributed by atoms with Crippen LogP contribution in [-0.2, 0) is 13.6 Å². The van der Waals surface area contributed by atoms with Gasteiger partial charge in [-0.2, -0.15) is 5.10 Å². The number of aryl methyl sites for hydroxylation is 2. The lowest BCUT2D eigenvalue weighted by atomic mass is 10.1. The second kappa shape index (κ2) is 5.65. The third-order valence-corrected chi connectivity index (χ3v) is 5.02. The van der Waals surface area contributed by atoms with Crippen molar-refractivity contribution in [2.45, 2.75) is 32.4 Å². The van der Waals surface area contributed by atoms with Crippen LogP contribution in [-0.4, -0.2) is 26.2 Å². The maximum Gasteiger partial charge on any atom is 0.209 e. The fourth-order valence-corrected chi connectivity index (χ4v) is 3.83. The van der Waals surface area contributed by atoms with Gasteiger partial charge in [-0.15, -0.1) is 0 Å². The van der Waals surface area contributed by atoms with Crippen molar-refractivity contribution >= 4 is 22.7 Å². The Morgan fingerprint density at radius 3 is 2.91 bits per heavy atom. The first-order valence-corrected chi connectivity index (χ1v) is 8.29. The molecule has 0 spiro atoms. The minimum atomic E-state index is 0.284. The summed E-state index contributed by atoms with van der Waals surface area (Å²) < 4.78 is 7.63. The molecule has 3 aromatic rings. The van der Waals surface area contributed by atoms with Crippen molar-refractivity contribution in [1.29, 1.82) is 0 Å². The standard InChI is InChI=1S/C17H19ClN4O/c1-11-16(17(18)21(2)20-11)13-7-5-9-22(13)10-15-19-12-6-3-4-8-14(12)23-15/h3-4,6,8,13H,5,7,9-10H2,1-2H3. The number of oxazole rings is 1. The summed E-state index contributed by atoms with van der Waals surface area (Å²) in [7, 11) is 1.89. The predicted octanol–water partition coefficient (Wildman–Crippen LogP) is 3.86. The van der Waals surface area contributed by atoms with Crippen molar-refractivity contribution in [3.63, 3.8) is 0 Å². The molecule has 3 heterocycles. The molecule has 1 unspecified atom stereocenters. The lowest BCUT2D eigenvalue weighted by Gasteiger charge is -2.23. The summed E-state index contributed by atoms with van der Waals surface area (Å²) in [6.45, 7) is 3.75. The van der Waals surface area contributed by atoms with E-state index in [0.29, 0.717) is 6.54 Å². The normalized spacial score (nSPS) is 19.0. The first-order chi connectivity index (χ1) is 11.1. The average molecular weight is 331 g/mol. The molecule has 1 aliphatic rings. The first kappa shape index (κ1) is 14.7. The molecule has 23 heavy (non-hydrogen) atoms. The van der Waals surface area contributed by atoms with Crippen molar-refractivity contribution in [2.24, 2.45) is 7.05 Å². The van der Waals surface area contributed by atoms with Gasteiger partial charge in [-0.3, -0.25) is 9.58 Å². The van der Waals surface area contributed by atoms with Crippen LogP contribution < -0.4 is 0 Å². The predicted molar refractivity (Wildman–Crippen MR) is 89.3 cm³/mol. The van der Waals surface area contributed by atoms with E-state index in [-0.39, 0.29) is 6.04 Å². The van der Waals surface area contributed by atoms with Crippen LogP contribution in [0, 0.1) is 6.92 Å². The molecule has 1 aliphatic heterocycles. The summed E-state index contributed by atoms with van der Waals surface area (Å²) in [6, 6.07) is 8.16. The third-order valence-electron chi connectivity index (χ3n) is 4.57. The Labute approximate surface area is 139 Å². The smallest absolute Gasteiger partial charge is 0.209 e. The van der Waals surface area contributed by atoms with Gasteiger partial charge in [0.2, 0.25) is 5.89 Å². The molecule has 0 amide bonds. The Kier molecular flexibility index (Phi) is 3.62. The van der Waals surface area contributed by atoms with Crippen molar-refractivity contribution in [2.75, 3.05) is 6.54 Å². The third kappa shape index (κ3) is 2.54. The van der Waals surface area contributed by atoms with Crippen LogP contribution in [0.4, 0.5) is 0 Å². The molecular formula is C17H19ClN4O. The largest absolute Gasteiger partial charge is 0.439 e. The minimum Gasteiger partial charge on any atom is -0.439 e. The van der Waals surface area contributed by atoms with Crippen molar-refractivity contribution in [1.82, 2.24) is 19.7 Å². The molecule has 1 atom stereocenters. The van der Waals surface area contributed by atoms with Gasteiger partial charge in [0, 0.05) is 18.7 Å². The topological polar surface area (TPSA) is 47.1 Å². The van der Waals surface area contributed by atoms with Crippen LogP contribution >= 0.6 is 11.6 Å². The molecule has 120 valence electrons. The van der Waals surface area contributed by atoms with E-state index in [2.05, 4.69) is 15.0 Å². The Morgan fingerprint density at radius 2 is 2.17 bits per heavy atom. The summed E-state index contributed by atoms with van der Waals surface area (Å²) in [6.07, 6.45) is 2.24. The van der Waals surface area contributed by atoms with Gasteiger partial charge in [-0.05, 0) is 38.4 Å². The number of rotatable bonds is 3. The van der Waals surface area contributed by atoms with E-state index in [4.69, 9.17) is 16.0 Å². The highest BCUT2D eigenvalue weighted by molar-refractivity contribution is 6.30. The zero-order valence-corrected chi connectivity index (χ0v) is 14.0. The number of hydrogen-bond acceptors (Lipinski definition) is 4. The van der Waals surface area contributed by atoms with E-state index in [1.165, 1.54) is 0 Å². The van der Waals surface area contributed by atoms with E-state index in [1.807, 2.05) is 38.2 Å². The van der Waals surface area contributed by atoms with Crippen molar-refractivity contribution in [3.8, 4) is 0 Å². The minimum absolute atomic E-state index is 0.284. The number of nitrogens with zero attached hydrogens (tertiary/aromatic N) is 4. The number of halogens is 1. The molecule has 0 N–H and O–H groups in total. The maximum absolute atomic E-state index is 6.46. The summed E-state index contributed by atoms with van der Waals surface area (Å²) in [4.78, 5) is 6.98. The molecule has 0 saturated carbocycles. The molecule has 1 fully saturated rings. The Balaban J connectivity index is 1.62. The molecule has 6 heteroatoms. The lowest BCUT2D eigenvalue weighted by Crippen LogP contribution is -2.23. The fraction of sp³-hybridized carbons (Fsp3) is 0.412. The number of aromatic nitrogens is 3. The molecule has 4 rings (SSSR count). The highest BCUT2D eigenvalue weighted by Crippen LogP contribution is 2.38. The second-order valence-electron chi connectivity index (χ2n) is 6.12. The summed E-state index contributed by atoms with van der Waals surface area (Å²) in [5.74, 6) is 0.760. The summed E-state index contributed by atoms with van der Waals surface area (Å²) >= 11 is 6.46. The van der Waals surface area contributed by atoms with E-state index in [9.17, 15) is 0 Å². The van der Waals surface area contributed by atoms with Gasteiger partial charge < -0.3 is 4.42 Å². The molecule has 1 aromatic carbocycles. The van der Waals surface area contributed by atoms with Gasteiger partial charge in [-0.1, -0.05) is 23.7 Å².